The van der Waals surface area contributed by atoms with Crippen LogP contribution in [0.3, 0.4) is 0 Å². The highest BCUT2D eigenvalue weighted by Gasteiger charge is 2.23. The van der Waals surface area contributed by atoms with E-state index in [2.05, 4.69) is 15.2 Å². The van der Waals surface area contributed by atoms with Gasteiger partial charge in [0.25, 0.3) is 0 Å². The van der Waals surface area contributed by atoms with E-state index in [0.29, 0.717) is 12.3 Å². The maximum atomic E-state index is 11.1. The topological polar surface area (TPSA) is 70.7 Å². The van der Waals surface area contributed by atoms with Gasteiger partial charge >= 0.3 is 0 Å². The molecule has 5 nitrogen and oxygen atoms in total. The van der Waals surface area contributed by atoms with Crippen molar-refractivity contribution in [1.82, 2.24) is 10.2 Å². The molecule has 3 N–H and O–H groups in total. The van der Waals surface area contributed by atoms with Gasteiger partial charge in [0.05, 0.1) is 0 Å². The van der Waals surface area contributed by atoms with Crippen LogP contribution in [0.1, 0.15) is 19.3 Å². The first-order valence-electron chi connectivity index (χ1n) is 8.20. The molecule has 1 amide bonds. The minimum atomic E-state index is -0.218. The second kappa shape index (κ2) is 9.79. The molecule has 2 rings (SSSR count). The predicted molar refractivity (Wildman–Crippen MR) is 102 cm³/mol. The van der Waals surface area contributed by atoms with Crippen LogP contribution in [0.4, 0.5) is 0 Å². The average molecular weight is 369 g/mol. The quantitative estimate of drug-likeness (QED) is 0.350. The molecule has 0 radical (unpaired) electrons. The molecule has 1 saturated heterocycles. The van der Waals surface area contributed by atoms with Crippen LogP contribution in [0.15, 0.2) is 34.2 Å². The summed E-state index contributed by atoms with van der Waals surface area (Å²) in [7, 11) is 1.80. The molecule has 1 aromatic carbocycles. The number of primary amides is 1. The first-order valence-corrected chi connectivity index (χ1v) is 9.57. The molecular weight excluding hydrogens is 344 g/mol. The number of nitrogens with one attached hydrogen (secondary N) is 1. The first-order chi connectivity index (χ1) is 11.6. The Morgan fingerprint density at radius 1 is 1.46 bits per heavy atom. The van der Waals surface area contributed by atoms with Crippen LogP contribution in [0.5, 0.6) is 0 Å². The number of hydrogen-bond acceptors (Lipinski definition) is 3. The number of amides is 1. The van der Waals surface area contributed by atoms with Crippen molar-refractivity contribution in [3.63, 3.8) is 0 Å². The number of piperidine rings is 1. The molecule has 1 atom stereocenters. The average Bonchev–Trinajstić information content (AvgIpc) is 2.56. The zero-order valence-electron chi connectivity index (χ0n) is 14.0. The number of thioether (sulfide) groups is 1. The molecule has 0 saturated carbocycles. The van der Waals surface area contributed by atoms with Crippen LogP contribution in [-0.4, -0.2) is 49.2 Å². The van der Waals surface area contributed by atoms with E-state index in [1.807, 2.05) is 24.3 Å². The van der Waals surface area contributed by atoms with Crippen molar-refractivity contribution < 1.29 is 4.79 Å². The maximum absolute atomic E-state index is 11.1. The lowest BCUT2D eigenvalue weighted by Gasteiger charge is -2.34. The molecule has 132 valence electrons. The summed E-state index contributed by atoms with van der Waals surface area (Å²) in [6.07, 6.45) is 2.58. The van der Waals surface area contributed by atoms with Gasteiger partial charge in [-0.25, -0.2) is 0 Å². The van der Waals surface area contributed by atoms with Crippen molar-refractivity contribution >= 4 is 35.2 Å². The Bertz CT molecular complexity index is 564. The standard InChI is InChI=1S/C17H25ClN4OS/c1-20-17(22-9-2-3-13(12-22)11-16(19)23)21-8-10-24-15-6-4-14(18)5-7-15/h4-7,13H,2-3,8-12H2,1H3,(H2,19,23)(H,20,21). The van der Waals surface area contributed by atoms with Crippen LogP contribution in [0.25, 0.3) is 0 Å². The van der Waals surface area contributed by atoms with Crippen molar-refractivity contribution in [1.29, 1.82) is 0 Å². The van der Waals surface area contributed by atoms with Gasteiger partial charge in [0.1, 0.15) is 0 Å². The van der Waals surface area contributed by atoms with Gasteiger partial charge in [-0.15, -0.1) is 11.8 Å². The normalized spacial score (nSPS) is 18.5. The fourth-order valence-corrected chi connectivity index (χ4v) is 3.80. The summed E-state index contributed by atoms with van der Waals surface area (Å²) >= 11 is 7.67. The van der Waals surface area contributed by atoms with Crippen LogP contribution in [0, 0.1) is 5.92 Å². The number of nitrogens with zero attached hydrogens (tertiary/aromatic N) is 2. The number of hydrogen-bond donors (Lipinski definition) is 2. The minimum absolute atomic E-state index is 0.218. The highest BCUT2D eigenvalue weighted by atomic mass is 35.5. The number of guanidine groups is 1. The Balaban J connectivity index is 1.75. The highest BCUT2D eigenvalue weighted by Crippen LogP contribution is 2.21. The number of rotatable bonds is 6. The van der Waals surface area contributed by atoms with Crippen LogP contribution in [0.2, 0.25) is 5.02 Å². The van der Waals surface area contributed by atoms with Crippen molar-refractivity contribution in [2.45, 2.75) is 24.2 Å². The molecule has 0 bridgehead atoms. The van der Waals surface area contributed by atoms with E-state index >= 15 is 0 Å². The van der Waals surface area contributed by atoms with E-state index in [9.17, 15) is 4.79 Å². The van der Waals surface area contributed by atoms with Crippen molar-refractivity contribution in [2.24, 2.45) is 16.6 Å². The molecule has 0 spiro atoms. The number of benzene rings is 1. The van der Waals surface area contributed by atoms with Gasteiger partial charge in [-0.05, 0) is 43.0 Å². The molecule has 1 aliphatic rings. The Hall–Kier alpha value is -1.40. The number of likely N-dealkylation sites (tertiary alicyclic amines) is 1. The smallest absolute Gasteiger partial charge is 0.217 e. The molecule has 1 unspecified atom stereocenters. The second-order valence-corrected chi connectivity index (χ2v) is 7.51. The third-order valence-corrected chi connectivity index (χ3v) is 5.25. The molecule has 7 heteroatoms. The van der Waals surface area contributed by atoms with Gasteiger partial charge in [-0.2, -0.15) is 0 Å². The van der Waals surface area contributed by atoms with E-state index in [1.54, 1.807) is 18.8 Å². The predicted octanol–water partition coefficient (Wildman–Crippen LogP) is 2.59. The van der Waals surface area contributed by atoms with E-state index in [0.717, 1.165) is 49.2 Å². The van der Waals surface area contributed by atoms with Crippen LogP contribution >= 0.6 is 23.4 Å². The largest absolute Gasteiger partial charge is 0.370 e. The Kier molecular flexibility index (Phi) is 7.72. The maximum Gasteiger partial charge on any atom is 0.217 e. The zero-order chi connectivity index (χ0) is 17.4. The van der Waals surface area contributed by atoms with Crippen molar-refractivity contribution in [3.8, 4) is 0 Å². The van der Waals surface area contributed by atoms with Crippen molar-refractivity contribution in [3.05, 3.63) is 29.3 Å². The van der Waals surface area contributed by atoms with Crippen LogP contribution in [-0.2, 0) is 4.79 Å². The summed E-state index contributed by atoms with van der Waals surface area (Å²) in [5.41, 5.74) is 5.33. The third kappa shape index (κ3) is 6.24. The fourth-order valence-electron chi connectivity index (χ4n) is 2.90. The van der Waals surface area contributed by atoms with Crippen LogP contribution < -0.4 is 11.1 Å². The summed E-state index contributed by atoms with van der Waals surface area (Å²) in [5, 5.41) is 4.17. The second-order valence-electron chi connectivity index (χ2n) is 5.90. The summed E-state index contributed by atoms with van der Waals surface area (Å²) in [6, 6.07) is 7.87. The summed E-state index contributed by atoms with van der Waals surface area (Å²) < 4.78 is 0. The van der Waals surface area contributed by atoms with Gasteiger partial charge in [0, 0.05) is 48.8 Å². The van der Waals surface area contributed by atoms with E-state index in [4.69, 9.17) is 17.3 Å². The van der Waals surface area contributed by atoms with Gasteiger partial charge in [-0.3, -0.25) is 9.79 Å². The SMILES string of the molecule is CN=C(NCCSc1ccc(Cl)cc1)N1CCCC(CC(N)=O)C1. The highest BCUT2D eigenvalue weighted by molar-refractivity contribution is 7.99. The molecule has 1 aromatic rings. The minimum Gasteiger partial charge on any atom is -0.370 e. The molecular formula is C17H25ClN4OS. The lowest BCUT2D eigenvalue weighted by molar-refractivity contribution is -0.119. The number of aliphatic imine (C=N–C) groups is 1. The molecule has 0 aliphatic carbocycles. The summed E-state index contributed by atoms with van der Waals surface area (Å²) in [6.45, 7) is 2.64. The fraction of sp³-hybridized carbons (Fsp3) is 0.529. The van der Waals surface area contributed by atoms with E-state index < -0.39 is 0 Å². The van der Waals surface area contributed by atoms with Gasteiger partial charge in [0.15, 0.2) is 5.96 Å². The van der Waals surface area contributed by atoms with Gasteiger partial charge in [0.2, 0.25) is 5.91 Å². The number of carbonyl (C=O) groups is 1. The number of nitrogens with two attached hydrogens (primary N) is 1. The van der Waals surface area contributed by atoms with Crippen molar-refractivity contribution in [2.75, 3.05) is 32.4 Å². The Morgan fingerprint density at radius 2 is 2.21 bits per heavy atom. The van der Waals surface area contributed by atoms with Gasteiger partial charge < -0.3 is 16.0 Å². The molecule has 1 fully saturated rings. The first kappa shape index (κ1) is 18.9. The summed E-state index contributed by atoms with van der Waals surface area (Å²) in [5.74, 6) is 1.96. The molecule has 0 aromatic heterocycles. The third-order valence-electron chi connectivity index (χ3n) is 3.99. The lowest BCUT2D eigenvalue weighted by Crippen LogP contribution is -2.47. The summed E-state index contributed by atoms with van der Waals surface area (Å²) in [4.78, 5) is 18.9. The zero-order valence-corrected chi connectivity index (χ0v) is 15.6. The molecule has 1 heterocycles. The van der Waals surface area contributed by atoms with E-state index in [1.165, 1.54) is 4.90 Å². The Labute approximate surface area is 153 Å². The molecule has 24 heavy (non-hydrogen) atoms. The number of halogens is 1. The van der Waals surface area contributed by atoms with E-state index in [-0.39, 0.29) is 5.91 Å². The lowest BCUT2D eigenvalue weighted by atomic mass is 9.95. The monoisotopic (exact) mass is 368 g/mol. The van der Waals surface area contributed by atoms with Gasteiger partial charge in [-0.1, -0.05) is 11.6 Å². The number of carbonyl (C=O) groups excluding carboxylic acids is 1. The molecule has 1 aliphatic heterocycles. The Morgan fingerprint density at radius 3 is 2.88 bits per heavy atom.